The topological polar surface area (TPSA) is 22.1 Å². The van der Waals surface area contributed by atoms with Gasteiger partial charge in [-0.1, -0.05) is 6.08 Å². The second kappa shape index (κ2) is 5.66. The highest BCUT2D eigenvalue weighted by molar-refractivity contribution is 6.17. The molecule has 1 heterocycles. The third-order valence-electron chi connectivity index (χ3n) is 1.92. The molecule has 0 aliphatic rings. The number of halogens is 1. The van der Waals surface area contributed by atoms with Crippen LogP contribution in [0.5, 0.6) is 5.75 Å². The van der Waals surface area contributed by atoms with Crippen molar-refractivity contribution in [3.63, 3.8) is 0 Å². The van der Waals surface area contributed by atoms with Crippen LogP contribution in [0.3, 0.4) is 0 Å². The minimum absolute atomic E-state index is 0.631. The molecule has 0 N–H and O–H groups in total. The summed E-state index contributed by atoms with van der Waals surface area (Å²) in [6.45, 7) is 2.01. The molecule has 0 atom stereocenters. The van der Waals surface area contributed by atoms with Crippen molar-refractivity contribution >= 4 is 17.2 Å². The van der Waals surface area contributed by atoms with Crippen LogP contribution in [0.15, 0.2) is 24.4 Å². The molecule has 3 heteroatoms. The zero-order valence-electron chi connectivity index (χ0n) is 8.46. The molecular weight excluding hydrogens is 198 g/mol. The van der Waals surface area contributed by atoms with Gasteiger partial charge < -0.3 is 4.74 Å². The standard InChI is InChI=1S/C11H14ClNO/c1-9(5-3-7-12)11-10(14-2)6-4-8-13-11/h4-6,8H,3,7H2,1-2H3/b9-5+. The van der Waals surface area contributed by atoms with Gasteiger partial charge >= 0.3 is 0 Å². The van der Waals surface area contributed by atoms with Gasteiger partial charge in [-0.05, 0) is 31.1 Å². The molecule has 0 aliphatic heterocycles. The van der Waals surface area contributed by atoms with E-state index in [4.69, 9.17) is 16.3 Å². The first-order valence-corrected chi connectivity index (χ1v) is 5.05. The van der Waals surface area contributed by atoms with E-state index in [-0.39, 0.29) is 0 Å². The van der Waals surface area contributed by atoms with Crippen molar-refractivity contribution in [1.29, 1.82) is 0 Å². The molecule has 1 rings (SSSR count). The number of ether oxygens (including phenoxy) is 1. The lowest BCUT2D eigenvalue weighted by atomic mass is 10.1. The highest BCUT2D eigenvalue weighted by atomic mass is 35.5. The van der Waals surface area contributed by atoms with Gasteiger partial charge in [-0.15, -0.1) is 11.6 Å². The van der Waals surface area contributed by atoms with Crippen LogP contribution in [0.2, 0.25) is 0 Å². The predicted octanol–water partition coefficient (Wildman–Crippen LogP) is 3.12. The van der Waals surface area contributed by atoms with E-state index < -0.39 is 0 Å². The number of aromatic nitrogens is 1. The summed E-state index contributed by atoms with van der Waals surface area (Å²) >= 11 is 5.61. The fourth-order valence-corrected chi connectivity index (χ4v) is 1.33. The first kappa shape index (κ1) is 11.1. The second-order valence-electron chi connectivity index (χ2n) is 2.92. The molecule has 0 saturated heterocycles. The van der Waals surface area contributed by atoms with Gasteiger partial charge in [0.1, 0.15) is 11.4 Å². The molecule has 0 fully saturated rings. The Bertz CT molecular complexity index is 323. The van der Waals surface area contributed by atoms with Gasteiger partial charge in [0.15, 0.2) is 0 Å². The van der Waals surface area contributed by atoms with Gasteiger partial charge in [-0.3, -0.25) is 4.98 Å². The highest BCUT2D eigenvalue weighted by Crippen LogP contribution is 2.22. The SMILES string of the molecule is COc1cccnc1/C(C)=C/CCCl. The van der Waals surface area contributed by atoms with Gasteiger partial charge in [0.25, 0.3) is 0 Å². The van der Waals surface area contributed by atoms with Crippen LogP contribution < -0.4 is 4.74 Å². The van der Waals surface area contributed by atoms with E-state index in [1.165, 1.54) is 0 Å². The molecular formula is C11H14ClNO. The Morgan fingerprint density at radius 2 is 2.43 bits per heavy atom. The van der Waals surface area contributed by atoms with E-state index >= 15 is 0 Å². The van der Waals surface area contributed by atoms with Crippen LogP contribution >= 0.6 is 11.6 Å². The third-order valence-corrected chi connectivity index (χ3v) is 2.14. The number of hydrogen-bond acceptors (Lipinski definition) is 2. The molecule has 0 unspecified atom stereocenters. The molecule has 1 aromatic heterocycles. The van der Waals surface area contributed by atoms with E-state index in [9.17, 15) is 0 Å². The lowest BCUT2D eigenvalue weighted by molar-refractivity contribution is 0.411. The Balaban J connectivity index is 2.93. The monoisotopic (exact) mass is 211 g/mol. The van der Waals surface area contributed by atoms with Crippen molar-refractivity contribution in [2.75, 3.05) is 13.0 Å². The van der Waals surface area contributed by atoms with E-state index in [2.05, 4.69) is 11.1 Å². The molecule has 2 nitrogen and oxygen atoms in total. The number of pyridine rings is 1. The molecule has 0 amide bonds. The third kappa shape index (κ3) is 2.74. The minimum atomic E-state index is 0.631. The van der Waals surface area contributed by atoms with Crippen molar-refractivity contribution in [3.8, 4) is 5.75 Å². The van der Waals surface area contributed by atoms with E-state index in [0.717, 1.165) is 23.4 Å². The predicted molar refractivity (Wildman–Crippen MR) is 59.8 cm³/mol. The fourth-order valence-electron chi connectivity index (χ4n) is 1.22. The number of nitrogens with zero attached hydrogens (tertiary/aromatic N) is 1. The molecule has 0 spiro atoms. The number of alkyl halides is 1. The molecule has 0 aliphatic carbocycles. The maximum absolute atomic E-state index is 5.61. The minimum Gasteiger partial charge on any atom is -0.494 e. The Morgan fingerprint density at radius 1 is 1.64 bits per heavy atom. The van der Waals surface area contributed by atoms with Gasteiger partial charge in [-0.2, -0.15) is 0 Å². The molecule has 14 heavy (non-hydrogen) atoms. The van der Waals surface area contributed by atoms with Gasteiger partial charge in [-0.25, -0.2) is 0 Å². The first-order chi connectivity index (χ1) is 6.79. The number of allylic oxidation sites excluding steroid dienone is 2. The first-order valence-electron chi connectivity index (χ1n) is 4.51. The summed E-state index contributed by atoms with van der Waals surface area (Å²) in [7, 11) is 1.65. The van der Waals surface area contributed by atoms with Crippen molar-refractivity contribution in [2.45, 2.75) is 13.3 Å². The van der Waals surface area contributed by atoms with Gasteiger partial charge in [0.05, 0.1) is 7.11 Å². The molecule has 0 bridgehead atoms. The lowest BCUT2D eigenvalue weighted by Gasteiger charge is -2.06. The summed E-state index contributed by atoms with van der Waals surface area (Å²) in [5.74, 6) is 1.43. The Hall–Kier alpha value is -1.02. The summed E-state index contributed by atoms with van der Waals surface area (Å²) < 4.78 is 5.21. The summed E-state index contributed by atoms with van der Waals surface area (Å²) in [6.07, 6.45) is 4.68. The average molecular weight is 212 g/mol. The molecule has 0 saturated carbocycles. The maximum atomic E-state index is 5.61. The molecule has 1 aromatic rings. The van der Waals surface area contributed by atoms with Gasteiger partial charge in [0, 0.05) is 12.1 Å². The largest absolute Gasteiger partial charge is 0.494 e. The maximum Gasteiger partial charge on any atom is 0.144 e. The zero-order valence-corrected chi connectivity index (χ0v) is 9.21. The van der Waals surface area contributed by atoms with Crippen molar-refractivity contribution in [1.82, 2.24) is 4.98 Å². The summed E-state index contributed by atoms with van der Waals surface area (Å²) in [4.78, 5) is 4.27. The van der Waals surface area contributed by atoms with E-state index in [1.807, 2.05) is 19.1 Å². The van der Waals surface area contributed by atoms with Crippen LogP contribution in [-0.2, 0) is 0 Å². The van der Waals surface area contributed by atoms with Crippen molar-refractivity contribution in [3.05, 3.63) is 30.1 Å². The van der Waals surface area contributed by atoms with E-state index in [1.54, 1.807) is 13.3 Å². The van der Waals surface area contributed by atoms with Crippen LogP contribution in [-0.4, -0.2) is 18.0 Å². The van der Waals surface area contributed by atoms with Crippen LogP contribution in [0.1, 0.15) is 19.0 Å². The van der Waals surface area contributed by atoms with Crippen molar-refractivity contribution < 1.29 is 4.74 Å². The number of rotatable bonds is 4. The summed E-state index contributed by atoms with van der Waals surface area (Å²) in [5, 5.41) is 0. The fraction of sp³-hybridized carbons (Fsp3) is 0.364. The second-order valence-corrected chi connectivity index (χ2v) is 3.30. The number of hydrogen-bond donors (Lipinski definition) is 0. The quantitative estimate of drug-likeness (QED) is 0.714. The number of methoxy groups -OCH3 is 1. The van der Waals surface area contributed by atoms with Gasteiger partial charge in [0.2, 0.25) is 0 Å². The Labute approximate surface area is 89.6 Å². The lowest BCUT2D eigenvalue weighted by Crippen LogP contribution is -1.92. The van der Waals surface area contributed by atoms with E-state index in [0.29, 0.717) is 5.88 Å². The summed E-state index contributed by atoms with van der Waals surface area (Å²) in [6, 6.07) is 3.76. The van der Waals surface area contributed by atoms with Crippen LogP contribution in [0, 0.1) is 0 Å². The summed E-state index contributed by atoms with van der Waals surface area (Å²) in [5.41, 5.74) is 1.99. The highest BCUT2D eigenvalue weighted by Gasteiger charge is 2.04. The molecule has 76 valence electrons. The zero-order chi connectivity index (χ0) is 10.4. The normalized spacial score (nSPS) is 11.5. The van der Waals surface area contributed by atoms with Crippen LogP contribution in [0.25, 0.3) is 5.57 Å². The Kier molecular flexibility index (Phi) is 4.47. The van der Waals surface area contributed by atoms with Crippen molar-refractivity contribution in [2.24, 2.45) is 0 Å². The average Bonchev–Trinajstić information content (AvgIpc) is 2.25. The van der Waals surface area contributed by atoms with Crippen LogP contribution in [0.4, 0.5) is 0 Å². The smallest absolute Gasteiger partial charge is 0.144 e. The molecule has 0 radical (unpaired) electrons. The molecule has 0 aromatic carbocycles. The Morgan fingerprint density at radius 3 is 3.07 bits per heavy atom.